The van der Waals surface area contributed by atoms with E-state index in [0.29, 0.717) is 29.8 Å². The fraction of sp³-hybridized carbons (Fsp3) is 0.357. The average molecular weight is 260 g/mol. The van der Waals surface area contributed by atoms with Gasteiger partial charge in [0.1, 0.15) is 0 Å². The van der Waals surface area contributed by atoms with Crippen LogP contribution in [-0.2, 0) is 0 Å². The molecule has 2 rings (SSSR count). The zero-order valence-electron chi connectivity index (χ0n) is 11.3. The molecule has 5 nitrogen and oxygen atoms in total. The van der Waals surface area contributed by atoms with Crippen LogP contribution in [0.3, 0.4) is 0 Å². The maximum atomic E-state index is 12.2. The first-order valence-electron chi connectivity index (χ1n) is 6.27. The maximum Gasteiger partial charge on any atom is 0.261 e. The Bertz CT molecular complexity index is 562. The second kappa shape index (κ2) is 4.84. The van der Waals surface area contributed by atoms with Crippen LogP contribution in [0.4, 0.5) is 0 Å². The van der Waals surface area contributed by atoms with Crippen molar-refractivity contribution >= 4 is 17.7 Å². The van der Waals surface area contributed by atoms with Gasteiger partial charge in [-0.25, -0.2) is 0 Å². The Labute approximate surface area is 111 Å². The highest BCUT2D eigenvalue weighted by Crippen LogP contribution is 2.23. The Morgan fingerprint density at radius 3 is 2.26 bits per heavy atom. The minimum absolute atomic E-state index is 0.123. The lowest BCUT2D eigenvalue weighted by molar-refractivity contribution is 0.0692. The van der Waals surface area contributed by atoms with E-state index in [1.807, 2.05) is 13.8 Å². The monoisotopic (exact) mass is 260 g/mol. The topological polar surface area (TPSA) is 57.7 Å². The minimum Gasteiger partial charge on any atom is -0.339 e. The summed E-state index contributed by atoms with van der Waals surface area (Å²) in [6, 6.07) is 4.67. The van der Waals surface area contributed by atoms with E-state index in [9.17, 15) is 14.4 Å². The molecule has 0 radical (unpaired) electrons. The van der Waals surface area contributed by atoms with E-state index in [4.69, 9.17) is 0 Å². The fourth-order valence-corrected chi connectivity index (χ4v) is 2.19. The first-order chi connectivity index (χ1) is 9.01. The lowest BCUT2D eigenvalue weighted by Crippen LogP contribution is -2.30. The van der Waals surface area contributed by atoms with Crippen LogP contribution in [0, 0.1) is 0 Å². The van der Waals surface area contributed by atoms with Crippen LogP contribution in [0.1, 0.15) is 44.9 Å². The molecule has 0 fully saturated rings. The van der Waals surface area contributed by atoms with E-state index in [0.717, 1.165) is 4.90 Å². The Balaban J connectivity index is 2.41. The van der Waals surface area contributed by atoms with Gasteiger partial charge in [0.05, 0.1) is 11.1 Å². The molecule has 0 saturated heterocycles. The van der Waals surface area contributed by atoms with Gasteiger partial charge in [-0.3, -0.25) is 19.3 Å². The molecule has 1 aliphatic heterocycles. The number of hydrogen-bond acceptors (Lipinski definition) is 3. The molecule has 3 amide bonds. The zero-order valence-corrected chi connectivity index (χ0v) is 11.3. The molecule has 1 aromatic rings. The molecule has 0 spiro atoms. The Hall–Kier alpha value is -2.17. The van der Waals surface area contributed by atoms with E-state index < -0.39 is 0 Å². The van der Waals surface area contributed by atoms with Crippen LogP contribution in [-0.4, -0.2) is 47.7 Å². The van der Waals surface area contributed by atoms with E-state index in [1.54, 1.807) is 17.0 Å². The predicted molar refractivity (Wildman–Crippen MR) is 70.1 cm³/mol. The van der Waals surface area contributed by atoms with Crippen LogP contribution in [0.15, 0.2) is 18.2 Å². The van der Waals surface area contributed by atoms with Crippen molar-refractivity contribution in [3.63, 3.8) is 0 Å². The van der Waals surface area contributed by atoms with Gasteiger partial charge in [-0.15, -0.1) is 0 Å². The summed E-state index contributed by atoms with van der Waals surface area (Å²) < 4.78 is 0. The van der Waals surface area contributed by atoms with E-state index in [-0.39, 0.29) is 17.7 Å². The molecule has 0 N–H and O–H groups in total. The summed E-state index contributed by atoms with van der Waals surface area (Å²) in [4.78, 5) is 38.5. The Morgan fingerprint density at radius 2 is 1.68 bits per heavy atom. The van der Waals surface area contributed by atoms with Crippen molar-refractivity contribution in [2.45, 2.75) is 13.8 Å². The summed E-state index contributed by atoms with van der Waals surface area (Å²) in [6.07, 6.45) is 0. The number of imide groups is 1. The predicted octanol–water partition coefficient (Wildman–Crippen LogP) is 1.39. The molecule has 0 aliphatic carbocycles. The molecular formula is C14H16N2O3. The van der Waals surface area contributed by atoms with Crippen LogP contribution in [0.2, 0.25) is 0 Å². The van der Waals surface area contributed by atoms with Crippen LogP contribution in [0.5, 0.6) is 0 Å². The van der Waals surface area contributed by atoms with Gasteiger partial charge in [0.2, 0.25) is 0 Å². The van der Waals surface area contributed by atoms with Crippen molar-refractivity contribution in [3.8, 4) is 0 Å². The minimum atomic E-state index is -0.353. The van der Waals surface area contributed by atoms with Crippen LogP contribution >= 0.6 is 0 Å². The van der Waals surface area contributed by atoms with Gasteiger partial charge < -0.3 is 4.90 Å². The summed E-state index contributed by atoms with van der Waals surface area (Å²) in [7, 11) is 1.44. The van der Waals surface area contributed by atoms with E-state index in [2.05, 4.69) is 0 Å². The summed E-state index contributed by atoms with van der Waals surface area (Å²) >= 11 is 0. The largest absolute Gasteiger partial charge is 0.339 e. The maximum absolute atomic E-state index is 12.2. The summed E-state index contributed by atoms with van der Waals surface area (Å²) in [6.45, 7) is 5.02. The molecule has 5 heteroatoms. The number of rotatable bonds is 3. The number of benzene rings is 1. The number of fused-ring (bicyclic) bond motifs is 1. The van der Waals surface area contributed by atoms with Crippen molar-refractivity contribution in [2.24, 2.45) is 0 Å². The summed E-state index contributed by atoms with van der Waals surface area (Å²) in [5, 5.41) is 0. The number of amides is 3. The number of carbonyl (C=O) groups excluding carboxylic acids is 3. The third-order valence-electron chi connectivity index (χ3n) is 3.39. The van der Waals surface area contributed by atoms with E-state index >= 15 is 0 Å². The molecule has 1 heterocycles. The van der Waals surface area contributed by atoms with Crippen molar-refractivity contribution < 1.29 is 14.4 Å². The van der Waals surface area contributed by atoms with Crippen molar-refractivity contribution in [2.75, 3.05) is 20.1 Å². The second-order valence-electron chi connectivity index (χ2n) is 4.41. The van der Waals surface area contributed by atoms with Gasteiger partial charge in [0.25, 0.3) is 17.7 Å². The highest BCUT2D eigenvalue weighted by molar-refractivity contribution is 6.21. The molecule has 0 bridgehead atoms. The number of hydrogen-bond donors (Lipinski definition) is 0. The molecular weight excluding hydrogens is 244 g/mol. The van der Waals surface area contributed by atoms with Crippen LogP contribution < -0.4 is 0 Å². The van der Waals surface area contributed by atoms with Gasteiger partial charge in [0, 0.05) is 25.7 Å². The molecule has 0 atom stereocenters. The lowest BCUT2D eigenvalue weighted by Gasteiger charge is -2.18. The lowest BCUT2D eigenvalue weighted by atomic mass is 10.0. The van der Waals surface area contributed by atoms with Crippen molar-refractivity contribution in [1.82, 2.24) is 9.80 Å². The fourth-order valence-electron chi connectivity index (χ4n) is 2.19. The highest BCUT2D eigenvalue weighted by atomic mass is 16.2. The Kier molecular flexibility index (Phi) is 3.38. The first-order valence-corrected chi connectivity index (χ1v) is 6.27. The van der Waals surface area contributed by atoms with Gasteiger partial charge in [0.15, 0.2) is 0 Å². The SMILES string of the molecule is CCN(CC)C(=O)c1ccc2c(c1)C(=O)N(C)C2=O. The first kappa shape index (κ1) is 13.3. The summed E-state index contributed by atoms with van der Waals surface area (Å²) in [5.74, 6) is -0.793. The number of nitrogens with zero attached hydrogens (tertiary/aromatic N) is 2. The highest BCUT2D eigenvalue weighted by Gasteiger charge is 2.33. The van der Waals surface area contributed by atoms with Gasteiger partial charge in [-0.05, 0) is 32.0 Å². The standard InChI is InChI=1S/C14H16N2O3/c1-4-16(5-2)12(17)9-6-7-10-11(8-9)14(19)15(3)13(10)18/h6-8H,4-5H2,1-3H3. The normalized spacial score (nSPS) is 13.7. The van der Waals surface area contributed by atoms with E-state index in [1.165, 1.54) is 13.1 Å². The molecule has 100 valence electrons. The molecule has 19 heavy (non-hydrogen) atoms. The Morgan fingerprint density at radius 1 is 1.11 bits per heavy atom. The average Bonchev–Trinajstić information content (AvgIpc) is 2.65. The zero-order chi connectivity index (χ0) is 14.2. The molecule has 0 unspecified atom stereocenters. The van der Waals surface area contributed by atoms with Gasteiger partial charge in [-0.2, -0.15) is 0 Å². The third-order valence-corrected chi connectivity index (χ3v) is 3.39. The molecule has 1 aliphatic rings. The second-order valence-corrected chi connectivity index (χ2v) is 4.41. The summed E-state index contributed by atoms with van der Waals surface area (Å²) in [5.41, 5.74) is 1.12. The van der Waals surface area contributed by atoms with Gasteiger partial charge in [-0.1, -0.05) is 0 Å². The van der Waals surface area contributed by atoms with Crippen molar-refractivity contribution in [1.29, 1.82) is 0 Å². The molecule has 0 aromatic heterocycles. The van der Waals surface area contributed by atoms with Gasteiger partial charge >= 0.3 is 0 Å². The quantitative estimate of drug-likeness (QED) is 0.772. The van der Waals surface area contributed by atoms with Crippen LogP contribution in [0.25, 0.3) is 0 Å². The molecule has 0 saturated carbocycles. The number of carbonyl (C=O) groups is 3. The molecule has 1 aromatic carbocycles. The smallest absolute Gasteiger partial charge is 0.261 e. The van der Waals surface area contributed by atoms with Crippen molar-refractivity contribution in [3.05, 3.63) is 34.9 Å². The third kappa shape index (κ3) is 2.01.